The highest BCUT2D eigenvalue weighted by atomic mass is 16.5. The fourth-order valence-corrected chi connectivity index (χ4v) is 8.17. The van der Waals surface area contributed by atoms with Crippen LogP contribution in [0.1, 0.15) is 271 Å². The number of carbonyl (C=O) groups is 2. The Bertz CT molecular complexity index is 1140. The number of carbonyl (C=O) groups excluding carboxylic acids is 2. The van der Waals surface area contributed by atoms with Gasteiger partial charge in [0.25, 0.3) is 0 Å². The van der Waals surface area contributed by atoms with E-state index in [9.17, 15) is 19.8 Å². The predicted octanol–water partition coefficient (Wildman–Crippen LogP) is 16.8. The highest BCUT2D eigenvalue weighted by molar-refractivity contribution is 5.77. The lowest BCUT2D eigenvalue weighted by Crippen LogP contribution is -2.46. The normalized spacial score (nSPS) is 13.6. The molecule has 0 aromatic rings. The lowest BCUT2D eigenvalue weighted by atomic mass is 10.0. The molecule has 0 rings (SSSR count). The molecule has 372 valence electrons. The standard InChI is InChI=1S/C58H105NO5/c1-4-7-10-13-16-19-22-25-27-29-31-33-36-39-42-45-48-51-58(63)64-54(49-46-43-40-37-34-32-30-28-26-23-20-17-14-11-8-5-2)52-57(62)59-55(53-60)56(61)50-47-44-41-38-35-24-21-18-15-12-9-6-3/h16,19,23,25-28,30,32,34,54-56,60-61H,4-15,17-18,20-22,24,29,31,33,35-53H2,1-3H3,(H,59,62)/b19-16-,26-23+,27-25-,30-28+,34-32+. The molecule has 0 spiro atoms. The Labute approximate surface area is 397 Å². The first kappa shape index (κ1) is 61.6. The first-order chi connectivity index (χ1) is 31.5. The molecule has 0 fully saturated rings. The highest BCUT2D eigenvalue weighted by Crippen LogP contribution is 2.17. The minimum absolute atomic E-state index is 0.0510. The maximum absolute atomic E-state index is 13.2. The number of amides is 1. The van der Waals surface area contributed by atoms with E-state index in [1.54, 1.807) is 0 Å². The molecule has 0 saturated heterocycles. The number of rotatable bonds is 49. The molecule has 64 heavy (non-hydrogen) atoms. The van der Waals surface area contributed by atoms with Crippen LogP contribution in [0.2, 0.25) is 0 Å². The molecule has 0 aliphatic rings. The SMILES string of the molecule is CCCCC/C=C\C/C=C\CCCCCCCCCC(=O)OC(CCCCC/C=C/C=C/C=C/CCCCCCC)CC(=O)NC(CO)C(O)CCCCCCCCCCCCCC. The van der Waals surface area contributed by atoms with Crippen LogP contribution in [0.4, 0.5) is 0 Å². The largest absolute Gasteiger partial charge is 0.462 e. The average Bonchev–Trinajstić information content (AvgIpc) is 3.29. The second-order valence-electron chi connectivity index (χ2n) is 18.7. The number of unbranched alkanes of at least 4 members (excludes halogenated alkanes) is 29. The highest BCUT2D eigenvalue weighted by Gasteiger charge is 2.24. The predicted molar refractivity (Wildman–Crippen MR) is 278 cm³/mol. The molecule has 3 unspecified atom stereocenters. The zero-order chi connectivity index (χ0) is 46.7. The van der Waals surface area contributed by atoms with Gasteiger partial charge in [-0.1, -0.05) is 236 Å². The summed E-state index contributed by atoms with van der Waals surface area (Å²) in [4.78, 5) is 26.2. The van der Waals surface area contributed by atoms with Gasteiger partial charge in [-0.15, -0.1) is 0 Å². The summed E-state index contributed by atoms with van der Waals surface area (Å²) in [6.07, 6.45) is 64.2. The molecule has 0 aliphatic heterocycles. The number of ether oxygens (including phenoxy) is 1. The topological polar surface area (TPSA) is 95.9 Å². The van der Waals surface area contributed by atoms with Crippen LogP contribution >= 0.6 is 0 Å². The summed E-state index contributed by atoms with van der Waals surface area (Å²) in [6, 6.07) is -0.716. The van der Waals surface area contributed by atoms with Crippen LogP contribution in [0.25, 0.3) is 0 Å². The summed E-state index contributed by atoms with van der Waals surface area (Å²) in [5.74, 6) is -0.512. The summed E-state index contributed by atoms with van der Waals surface area (Å²) in [5, 5.41) is 23.8. The van der Waals surface area contributed by atoms with Crippen LogP contribution < -0.4 is 5.32 Å². The monoisotopic (exact) mass is 896 g/mol. The van der Waals surface area contributed by atoms with E-state index >= 15 is 0 Å². The zero-order valence-electron chi connectivity index (χ0n) is 42.4. The molecule has 0 aromatic heterocycles. The van der Waals surface area contributed by atoms with Crippen molar-refractivity contribution in [2.45, 2.75) is 289 Å². The fraction of sp³-hybridized carbons (Fsp3) is 0.793. The third kappa shape index (κ3) is 46.1. The zero-order valence-corrected chi connectivity index (χ0v) is 42.4. The molecular weight excluding hydrogens is 791 g/mol. The van der Waals surface area contributed by atoms with Gasteiger partial charge in [0.05, 0.1) is 25.2 Å². The summed E-state index contributed by atoms with van der Waals surface area (Å²) < 4.78 is 5.93. The van der Waals surface area contributed by atoms with E-state index in [4.69, 9.17) is 4.74 Å². The van der Waals surface area contributed by atoms with E-state index in [-0.39, 0.29) is 24.9 Å². The molecule has 0 saturated carbocycles. The maximum atomic E-state index is 13.2. The molecule has 6 heteroatoms. The first-order valence-corrected chi connectivity index (χ1v) is 27.5. The summed E-state index contributed by atoms with van der Waals surface area (Å²) in [7, 11) is 0. The third-order valence-corrected chi connectivity index (χ3v) is 12.4. The summed E-state index contributed by atoms with van der Waals surface area (Å²) in [6.45, 7) is 6.44. The molecular formula is C58H105NO5. The minimum atomic E-state index is -0.800. The van der Waals surface area contributed by atoms with E-state index in [1.165, 1.54) is 141 Å². The quantitative estimate of drug-likeness (QED) is 0.0245. The van der Waals surface area contributed by atoms with Gasteiger partial charge >= 0.3 is 5.97 Å². The van der Waals surface area contributed by atoms with Crippen LogP contribution in [0.3, 0.4) is 0 Å². The molecule has 3 atom stereocenters. The molecule has 6 nitrogen and oxygen atoms in total. The Hall–Kier alpha value is -2.44. The molecule has 0 radical (unpaired) electrons. The van der Waals surface area contributed by atoms with Crippen molar-refractivity contribution in [3.63, 3.8) is 0 Å². The van der Waals surface area contributed by atoms with E-state index in [0.717, 1.165) is 83.5 Å². The van der Waals surface area contributed by atoms with E-state index in [1.807, 2.05) is 0 Å². The van der Waals surface area contributed by atoms with Crippen LogP contribution in [-0.2, 0) is 14.3 Å². The summed E-state index contributed by atoms with van der Waals surface area (Å²) in [5.41, 5.74) is 0. The van der Waals surface area contributed by atoms with Crippen LogP contribution in [0, 0.1) is 0 Å². The Morgan fingerprint density at radius 1 is 0.469 bits per heavy atom. The van der Waals surface area contributed by atoms with Gasteiger partial charge in [0.1, 0.15) is 6.10 Å². The van der Waals surface area contributed by atoms with Crippen LogP contribution in [0.5, 0.6) is 0 Å². The van der Waals surface area contributed by atoms with Gasteiger partial charge in [0, 0.05) is 6.42 Å². The van der Waals surface area contributed by atoms with Crippen molar-refractivity contribution >= 4 is 11.9 Å². The molecule has 0 aromatic carbocycles. The molecule has 1 amide bonds. The van der Waals surface area contributed by atoms with Gasteiger partial charge in [-0.3, -0.25) is 9.59 Å². The van der Waals surface area contributed by atoms with Crippen molar-refractivity contribution in [1.82, 2.24) is 5.32 Å². The molecule has 0 heterocycles. The molecule has 3 N–H and O–H groups in total. The third-order valence-electron chi connectivity index (χ3n) is 12.4. The Morgan fingerprint density at radius 3 is 1.36 bits per heavy atom. The number of esters is 1. The Balaban J connectivity index is 4.66. The van der Waals surface area contributed by atoms with E-state index in [0.29, 0.717) is 19.3 Å². The summed E-state index contributed by atoms with van der Waals surface area (Å²) >= 11 is 0. The lowest BCUT2D eigenvalue weighted by Gasteiger charge is -2.24. The van der Waals surface area contributed by atoms with Gasteiger partial charge in [-0.25, -0.2) is 0 Å². The van der Waals surface area contributed by atoms with Crippen LogP contribution in [-0.4, -0.2) is 46.9 Å². The number of nitrogens with one attached hydrogen (secondary N) is 1. The van der Waals surface area contributed by atoms with Gasteiger partial charge in [-0.2, -0.15) is 0 Å². The van der Waals surface area contributed by atoms with Crippen molar-refractivity contribution in [3.8, 4) is 0 Å². The van der Waals surface area contributed by atoms with Crippen molar-refractivity contribution in [1.29, 1.82) is 0 Å². The number of allylic oxidation sites excluding steroid dienone is 10. The Kier molecular flexibility index (Phi) is 49.6. The van der Waals surface area contributed by atoms with Crippen molar-refractivity contribution < 1.29 is 24.5 Å². The minimum Gasteiger partial charge on any atom is -0.462 e. The first-order valence-electron chi connectivity index (χ1n) is 27.5. The number of hydrogen-bond donors (Lipinski definition) is 3. The molecule has 0 bridgehead atoms. The van der Waals surface area contributed by atoms with E-state index in [2.05, 4.69) is 86.8 Å². The van der Waals surface area contributed by atoms with Crippen LogP contribution in [0.15, 0.2) is 60.8 Å². The van der Waals surface area contributed by atoms with Crippen molar-refractivity contribution in [2.24, 2.45) is 0 Å². The number of aliphatic hydroxyl groups is 2. The number of aliphatic hydroxyl groups excluding tert-OH is 2. The van der Waals surface area contributed by atoms with Crippen molar-refractivity contribution in [3.05, 3.63) is 60.8 Å². The second kappa shape index (κ2) is 51.5. The van der Waals surface area contributed by atoms with Crippen molar-refractivity contribution in [2.75, 3.05) is 6.61 Å². The molecule has 0 aliphatic carbocycles. The number of hydrogen-bond acceptors (Lipinski definition) is 5. The van der Waals surface area contributed by atoms with E-state index < -0.39 is 18.2 Å². The van der Waals surface area contributed by atoms with Gasteiger partial charge in [0.15, 0.2) is 0 Å². The lowest BCUT2D eigenvalue weighted by molar-refractivity contribution is -0.151. The maximum Gasteiger partial charge on any atom is 0.306 e. The fourth-order valence-electron chi connectivity index (χ4n) is 8.17. The van der Waals surface area contributed by atoms with Gasteiger partial charge < -0.3 is 20.3 Å². The second-order valence-corrected chi connectivity index (χ2v) is 18.7. The van der Waals surface area contributed by atoms with Gasteiger partial charge in [0.2, 0.25) is 5.91 Å². The smallest absolute Gasteiger partial charge is 0.306 e. The Morgan fingerprint density at radius 2 is 0.859 bits per heavy atom. The average molecular weight is 896 g/mol. The van der Waals surface area contributed by atoms with Gasteiger partial charge in [-0.05, 0) is 83.5 Å².